The highest BCUT2D eigenvalue weighted by molar-refractivity contribution is 7.78. The fraction of sp³-hybridized carbons (Fsp3) is 0.222. The number of nitrogens with zero attached hydrogens (tertiary/aromatic N) is 1. The minimum Gasteiger partial charge on any atom is -0.496 e. The molecule has 0 radical (unpaired) electrons. The quantitative estimate of drug-likeness (QED) is 0.569. The molecule has 2 nitrogen and oxygen atoms in total. The highest BCUT2D eigenvalue weighted by Gasteiger charge is 2.05. The lowest BCUT2D eigenvalue weighted by Crippen LogP contribution is -1.91. The van der Waals surface area contributed by atoms with Gasteiger partial charge in [0.1, 0.15) is 5.75 Å². The topological polar surface area (TPSA) is 21.6 Å². The van der Waals surface area contributed by atoms with Gasteiger partial charge >= 0.3 is 0 Å². The second-order valence-corrected chi connectivity index (χ2v) is 2.92. The summed E-state index contributed by atoms with van der Waals surface area (Å²) >= 11 is 10.4. The third-order valence-corrected chi connectivity index (χ3v) is 2.08. The molecule has 0 saturated carbocycles. The molecule has 0 bridgehead atoms. The van der Waals surface area contributed by atoms with Crippen molar-refractivity contribution in [3.63, 3.8) is 0 Å². The molecule has 0 amide bonds. The Hall–Kier alpha value is -0.890. The van der Waals surface area contributed by atoms with E-state index in [0.29, 0.717) is 11.6 Å². The van der Waals surface area contributed by atoms with Gasteiger partial charge in [0.05, 0.1) is 18.8 Å². The Kier molecular flexibility index (Phi) is 3.90. The van der Waals surface area contributed by atoms with Gasteiger partial charge in [-0.2, -0.15) is 0 Å². The summed E-state index contributed by atoms with van der Waals surface area (Å²) < 4.78 is 5.12. The summed E-state index contributed by atoms with van der Waals surface area (Å²) in [4.78, 5) is 3.81. The van der Waals surface area contributed by atoms with Crippen molar-refractivity contribution in [3.05, 3.63) is 28.8 Å². The number of hydrogen-bond acceptors (Lipinski definition) is 3. The van der Waals surface area contributed by atoms with Gasteiger partial charge in [-0.25, -0.2) is 4.99 Å². The van der Waals surface area contributed by atoms with Crippen LogP contribution in [0.1, 0.15) is 5.56 Å². The fourth-order valence-electron chi connectivity index (χ4n) is 0.995. The second kappa shape index (κ2) is 4.97. The summed E-state index contributed by atoms with van der Waals surface area (Å²) in [7, 11) is 1.59. The Morgan fingerprint density at radius 2 is 2.38 bits per heavy atom. The summed E-state index contributed by atoms with van der Waals surface area (Å²) in [6.45, 7) is 0.409. The Bertz CT molecular complexity index is 347. The van der Waals surface area contributed by atoms with Crippen LogP contribution in [0.3, 0.4) is 0 Å². The number of isothiocyanates is 1. The summed E-state index contributed by atoms with van der Waals surface area (Å²) in [6.07, 6.45) is 0. The Balaban J connectivity index is 3.06. The van der Waals surface area contributed by atoms with Crippen LogP contribution in [0, 0.1) is 0 Å². The van der Waals surface area contributed by atoms with Crippen LogP contribution >= 0.6 is 23.8 Å². The lowest BCUT2D eigenvalue weighted by atomic mass is 10.2. The first-order valence-electron chi connectivity index (χ1n) is 3.64. The molecule has 1 aromatic carbocycles. The van der Waals surface area contributed by atoms with Crippen LogP contribution in [0.15, 0.2) is 23.2 Å². The van der Waals surface area contributed by atoms with Crippen molar-refractivity contribution in [2.45, 2.75) is 6.54 Å². The number of rotatable bonds is 3. The van der Waals surface area contributed by atoms with Crippen LogP contribution in [0.4, 0.5) is 0 Å². The molecular weight excluding hydrogens is 206 g/mol. The van der Waals surface area contributed by atoms with Crippen LogP contribution in [-0.4, -0.2) is 12.3 Å². The third kappa shape index (κ3) is 2.52. The summed E-state index contributed by atoms with van der Waals surface area (Å²) in [5.41, 5.74) is 0.837. The Morgan fingerprint density at radius 3 is 3.00 bits per heavy atom. The van der Waals surface area contributed by atoms with Crippen LogP contribution in [0.2, 0.25) is 5.02 Å². The standard InChI is InChI=1S/C9H8ClNOS/c1-12-9-4-2-3-8(10)7(9)5-11-6-13/h2-4H,5H2,1H3. The van der Waals surface area contributed by atoms with E-state index in [1.165, 1.54) is 0 Å². The van der Waals surface area contributed by atoms with Gasteiger partial charge in [-0.1, -0.05) is 17.7 Å². The first kappa shape index (κ1) is 10.2. The zero-order valence-electron chi connectivity index (χ0n) is 7.08. The smallest absolute Gasteiger partial charge is 0.125 e. The van der Waals surface area contributed by atoms with Crippen LogP contribution in [0.25, 0.3) is 0 Å². The molecule has 1 rings (SSSR count). The maximum Gasteiger partial charge on any atom is 0.125 e. The molecule has 0 aromatic heterocycles. The maximum absolute atomic E-state index is 5.94. The van der Waals surface area contributed by atoms with Crippen LogP contribution in [-0.2, 0) is 6.54 Å². The van der Waals surface area contributed by atoms with E-state index in [4.69, 9.17) is 16.3 Å². The normalized spacial score (nSPS) is 9.08. The Labute approximate surface area is 87.2 Å². The zero-order valence-corrected chi connectivity index (χ0v) is 8.65. The van der Waals surface area contributed by atoms with Crippen molar-refractivity contribution in [1.29, 1.82) is 0 Å². The molecule has 0 aliphatic rings. The molecule has 0 unspecified atom stereocenters. The molecule has 0 aliphatic carbocycles. The Morgan fingerprint density at radius 1 is 1.62 bits per heavy atom. The molecule has 1 aromatic rings. The highest BCUT2D eigenvalue weighted by Crippen LogP contribution is 2.26. The predicted octanol–water partition coefficient (Wildman–Crippen LogP) is 2.95. The minimum absolute atomic E-state index is 0.409. The third-order valence-electron chi connectivity index (χ3n) is 1.60. The van der Waals surface area contributed by atoms with Gasteiger partial charge in [0, 0.05) is 10.6 Å². The molecule has 0 aliphatic heterocycles. The monoisotopic (exact) mass is 213 g/mol. The van der Waals surface area contributed by atoms with E-state index in [2.05, 4.69) is 22.4 Å². The molecule has 0 fully saturated rings. The average molecular weight is 214 g/mol. The van der Waals surface area contributed by atoms with E-state index in [-0.39, 0.29) is 0 Å². The molecule has 4 heteroatoms. The molecule has 0 N–H and O–H groups in total. The van der Waals surface area contributed by atoms with E-state index in [1.54, 1.807) is 13.2 Å². The zero-order chi connectivity index (χ0) is 9.68. The summed E-state index contributed by atoms with van der Waals surface area (Å²) in [6, 6.07) is 5.45. The predicted molar refractivity (Wildman–Crippen MR) is 56.7 cm³/mol. The molecule has 0 saturated heterocycles. The number of hydrogen-bond donors (Lipinski definition) is 0. The van der Waals surface area contributed by atoms with Gasteiger partial charge < -0.3 is 4.74 Å². The average Bonchev–Trinajstić information content (AvgIpc) is 2.15. The maximum atomic E-state index is 5.94. The minimum atomic E-state index is 0.409. The number of ether oxygens (including phenoxy) is 1. The van der Waals surface area contributed by atoms with Gasteiger partial charge in [-0.05, 0) is 24.4 Å². The van der Waals surface area contributed by atoms with Gasteiger partial charge in [0.15, 0.2) is 0 Å². The lowest BCUT2D eigenvalue weighted by Gasteiger charge is -2.06. The number of halogens is 1. The molecule has 0 atom stereocenters. The van der Waals surface area contributed by atoms with Crippen molar-refractivity contribution in [1.82, 2.24) is 0 Å². The van der Waals surface area contributed by atoms with Gasteiger partial charge in [0.2, 0.25) is 0 Å². The second-order valence-electron chi connectivity index (χ2n) is 2.33. The molecule has 0 heterocycles. The summed E-state index contributed by atoms with van der Waals surface area (Å²) in [5.74, 6) is 0.724. The largest absolute Gasteiger partial charge is 0.496 e. The highest BCUT2D eigenvalue weighted by atomic mass is 35.5. The van der Waals surface area contributed by atoms with Crippen molar-refractivity contribution >= 4 is 29.0 Å². The van der Waals surface area contributed by atoms with Gasteiger partial charge in [-0.15, -0.1) is 0 Å². The van der Waals surface area contributed by atoms with E-state index in [9.17, 15) is 0 Å². The van der Waals surface area contributed by atoms with E-state index >= 15 is 0 Å². The summed E-state index contributed by atoms with van der Waals surface area (Å²) in [5, 5.41) is 2.92. The first-order chi connectivity index (χ1) is 6.29. The van der Waals surface area contributed by atoms with Gasteiger partial charge in [-0.3, -0.25) is 0 Å². The molecule has 13 heavy (non-hydrogen) atoms. The fourth-order valence-corrected chi connectivity index (χ4v) is 1.29. The van der Waals surface area contributed by atoms with Crippen molar-refractivity contribution < 1.29 is 4.74 Å². The first-order valence-corrected chi connectivity index (χ1v) is 4.43. The number of methoxy groups -OCH3 is 1. The lowest BCUT2D eigenvalue weighted by molar-refractivity contribution is 0.410. The van der Waals surface area contributed by atoms with Gasteiger partial charge in [0.25, 0.3) is 0 Å². The molecule has 0 spiro atoms. The number of aliphatic imine (C=N–C) groups is 1. The SMILES string of the molecule is COc1cccc(Cl)c1CN=C=S. The van der Waals surface area contributed by atoms with E-state index in [1.807, 2.05) is 12.1 Å². The van der Waals surface area contributed by atoms with Crippen molar-refractivity contribution in [3.8, 4) is 5.75 Å². The van der Waals surface area contributed by atoms with Crippen molar-refractivity contribution in [2.75, 3.05) is 7.11 Å². The number of thiocarbonyl (C=S) groups is 1. The molecule has 68 valence electrons. The van der Waals surface area contributed by atoms with Crippen LogP contribution in [0.5, 0.6) is 5.75 Å². The van der Waals surface area contributed by atoms with E-state index in [0.717, 1.165) is 11.3 Å². The van der Waals surface area contributed by atoms with Crippen molar-refractivity contribution in [2.24, 2.45) is 4.99 Å². The van der Waals surface area contributed by atoms with E-state index < -0.39 is 0 Å². The number of benzene rings is 1. The molecular formula is C9H8ClNOS. The van der Waals surface area contributed by atoms with Crippen LogP contribution < -0.4 is 4.74 Å².